The first kappa shape index (κ1) is 19.6. The molecule has 1 aromatic rings. The van der Waals surface area contributed by atoms with E-state index in [4.69, 9.17) is 9.47 Å². The second kappa shape index (κ2) is 10.3. The molecule has 2 rings (SSSR count). The first-order chi connectivity index (χ1) is 10.7. The summed E-state index contributed by atoms with van der Waals surface area (Å²) >= 11 is 0. The molecular formula is C17H27ClN2O3. The fourth-order valence-electron chi connectivity index (χ4n) is 2.73. The lowest BCUT2D eigenvalue weighted by atomic mass is 10.1. The van der Waals surface area contributed by atoms with E-state index >= 15 is 0 Å². The summed E-state index contributed by atoms with van der Waals surface area (Å²) in [6.45, 7) is 2.96. The van der Waals surface area contributed by atoms with Crippen LogP contribution in [0.5, 0.6) is 11.5 Å². The quantitative estimate of drug-likeness (QED) is 0.760. The minimum Gasteiger partial charge on any atom is -0.497 e. The molecule has 23 heavy (non-hydrogen) atoms. The minimum atomic E-state index is 0. The fraction of sp³-hybridized carbons (Fsp3) is 0.588. The molecular weight excluding hydrogens is 316 g/mol. The second-order valence-electron chi connectivity index (χ2n) is 5.72. The van der Waals surface area contributed by atoms with Gasteiger partial charge < -0.3 is 20.1 Å². The topological polar surface area (TPSA) is 59.6 Å². The van der Waals surface area contributed by atoms with Gasteiger partial charge >= 0.3 is 0 Å². The van der Waals surface area contributed by atoms with Gasteiger partial charge in [0.25, 0.3) is 0 Å². The van der Waals surface area contributed by atoms with E-state index in [-0.39, 0.29) is 18.3 Å². The van der Waals surface area contributed by atoms with Gasteiger partial charge in [0.1, 0.15) is 11.5 Å². The number of methoxy groups -OCH3 is 2. The maximum atomic E-state index is 11.9. The highest BCUT2D eigenvalue weighted by molar-refractivity contribution is 5.85. The van der Waals surface area contributed by atoms with E-state index in [1.54, 1.807) is 14.2 Å². The van der Waals surface area contributed by atoms with Gasteiger partial charge in [-0.05, 0) is 56.0 Å². The number of hydrogen-bond acceptors (Lipinski definition) is 4. The van der Waals surface area contributed by atoms with Crippen LogP contribution in [0.2, 0.25) is 0 Å². The summed E-state index contributed by atoms with van der Waals surface area (Å²) in [5.41, 5.74) is 1.05. The fourth-order valence-corrected chi connectivity index (χ4v) is 2.73. The van der Waals surface area contributed by atoms with Gasteiger partial charge in [-0.1, -0.05) is 0 Å². The van der Waals surface area contributed by atoms with Crippen LogP contribution in [0, 0.1) is 5.92 Å². The van der Waals surface area contributed by atoms with Crippen molar-refractivity contribution >= 4 is 18.3 Å². The van der Waals surface area contributed by atoms with E-state index in [1.807, 2.05) is 18.2 Å². The maximum absolute atomic E-state index is 11.9. The number of hydrogen-bond donors (Lipinski definition) is 2. The number of aryl methyl sites for hydroxylation is 1. The molecule has 130 valence electrons. The smallest absolute Gasteiger partial charge is 0.220 e. The lowest BCUT2D eigenvalue weighted by Crippen LogP contribution is -2.26. The maximum Gasteiger partial charge on any atom is 0.220 e. The standard InChI is InChI=1S/C17H26N2O3.ClH/c1-21-15-9-14(10-16(11-15)22-2)3-4-17(20)19-8-6-13-5-7-18-12-13;/h9-11,13,18H,3-8,12H2,1-2H3,(H,19,20);1H. The molecule has 0 aliphatic carbocycles. The van der Waals surface area contributed by atoms with Crippen molar-refractivity contribution in [3.05, 3.63) is 23.8 Å². The average molecular weight is 343 g/mol. The summed E-state index contributed by atoms with van der Waals surface area (Å²) in [5, 5.41) is 6.35. The predicted octanol–water partition coefficient (Wildman–Crippen LogP) is 2.17. The zero-order valence-corrected chi connectivity index (χ0v) is 14.7. The number of rotatable bonds is 8. The molecule has 1 fully saturated rings. The van der Waals surface area contributed by atoms with Crippen molar-refractivity contribution in [1.29, 1.82) is 0 Å². The molecule has 6 heteroatoms. The van der Waals surface area contributed by atoms with Gasteiger partial charge in [0.2, 0.25) is 5.91 Å². The monoisotopic (exact) mass is 342 g/mol. The molecule has 1 heterocycles. The summed E-state index contributed by atoms with van der Waals surface area (Å²) in [4.78, 5) is 11.9. The molecule has 1 atom stereocenters. The van der Waals surface area contributed by atoms with E-state index in [9.17, 15) is 4.79 Å². The Labute approximate surface area is 144 Å². The number of ether oxygens (including phenoxy) is 2. The van der Waals surface area contributed by atoms with E-state index < -0.39 is 0 Å². The van der Waals surface area contributed by atoms with Crippen molar-refractivity contribution in [3.63, 3.8) is 0 Å². The molecule has 1 saturated heterocycles. The molecule has 0 saturated carbocycles. The van der Waals surface area contributed by atoms with Crippen LogP contribution in [0.15, 0.2) is 18.2 Å². The largest absolute Gasteiger partial charge is 0.497 e. The van der Waals surface area contributed by atoms with E-state index in [1.165, 1.54) is 6.42 Å². The van der Waals surface area contributed by atoms with E-state index in [2.05, 4.69) is 10.6 Å². The zero-order valence-electron chi connectivity index (χ0n) is 13.9. The number of carbonyl (C=O) groups excluding carboxylic acids is 1. The van der Waals surface area contributed by atoms with E-state index in [0.717, 1.165) is 43.1 Å². The third kappa shape index (κ3) is 6.67. The number of halogens is 1. The normalized spacial score (nSPS) is 16.5. The van der Waals surface area contributed by atoms with Gasteiger partial charge in [-0.25, -0.2) is 0 Å². The van der Waals surface area contributed by atoms with Crippen molar-refractivity contribution in [2.24, 2.45) is 5.92 Å². The Morgan fingerprint density at radius 3 is 2.52 bits per heavy atom. The summed E-state index contributed by atoms with van der Waals surface area (Å²) in [7, 11) is 3.26. The summed E-state index contributed by atoms with van der Waals surface area (Å²) in [6, 6.07) is 5.72. The van der Waals surface area contributed by atoms with Crippen molar-refractivity contribution in [2.45, 2.75) is 25.7 Å². The van der Waals surface area contributed by atoms with Crippen molar-refractivity contribution < 1.29 is 14.3 Å². The SMILES string of the molecule is COc1cc(CCC(=O)NCCC2CCNC2)cc(OC)c1.Cl. The average Bonchev–Trinajstić information content (AvgIpc) is 3.06. The number of nitrogens with one attached hydrogen (secondary N) is 2. The van der Waals surface area contributed by atoms with Crippen LogP contribution in [0.3, 0.4) is 0 Å². The number of carbonyl (C=O) groups is 1. The van der Waals surface area contributed by atoms with Gasteiger partial charge in [0, 0.05) is 19.0 Å². The third-order valence-corrected chi connectivity index (χ3v) is 4.09. The lowest BCUT2D eigenvalue weighted by molar-refractivity contribution is -0.121. The summed E-state index contributed by atoms with van der Waals surface area (Å²) in [6.07, 6.45) is 3.45. The molecule has 0 radical (unpaired) electrons. The zero-order chi connectivity index (χ0) is 15.8. The highest BCUT2D eigenvalue weighted by atomic mass is 35.5. The van der Waals surface area contributed by atoms with E-state index in [0.29, 0.717) is 18.8 Å². The van der Waals surface area contributed by atoms with Crippen LogP contribution < -0.4 is 20.1 Å². The van der Waals surface area contributed by atoms with Crippen LogP contribution in [-0.4, -0.2) is 39.8 Å². The van der Waals surface area contributed by atoms with Gasteiger partial charge in [-0.15, -0.1) is 12.4 Å². The molecule has 0 spiro atoms. The van der Waals surface area contributed by atoms with Gasteiger partial charge in [-0.3, -0.25) is 4.79 Å². The molecule has 1 amide bonds. The molecule has 0 bridgehead atoms. The lowest BCUT2D eigenvalue weighted by Gasteiger charge is -2.10. The highest BCUT2D eigenvalue weighted by Gasteiger charge is 2.14. The Kier molecular flexibility index (Phi) is 8.81. The molecule has 2 N–H and O–H groups in total. The van der Waals surface area contributed by atoms with Crippen LogP contribution in [0.1, 0.15) is 24.8 Å². The van der Waals surface area contributed by atoms with Crippen molar-refractivity contribution in [2.75, 3.05) is 33.9 Å². The Morgan fingerprint density at radius 1 is 1.26 bits per heavy atom. The number of benzene rings is 1. The third-order valence-electron chi connectivity index (χ3n) is 4.09. The molecule has 0 aromatic heterocycles. The Hall–Kier alpha value is -1.46. The highest BCUT2D eigenvalue weighted by Crippen LogP contribution is 2.23. The molecule has 1 aliphatic rings. The van der Waals surface area contributed by atoms with Crippen LogP contribution in [-0.2, 0) is 11.2 Å². The Balaban J connectivity index is 0.00000264. The van der Waals surface area contributed by atoms with Crippen LogP contribution in [0.4, 0.5) is 0 Å². The Morgan fingerprint density at radius 2 is 1.96 bits per heavy atom. The first-order valence-electron chi connectivity index (χ1n) is 7.90. The predicted molar refractivity (Wildman–Crippen MR) is 93.7 cm³/mol. The van der Waals surface area contributed by atoms with Crippen molar-refractivity contribution in [3.8, 4) is 11.5 Å². The molecule has 1 aromatic carbocycles. The minimum absolute atomic E-state index is 0. The molecule has 1 aliphatic heterocycles. The molecule has 5 nitrogen and oxygen atoms in total. The van der Waals surface area contributed by atoms with Gasteiger partial charge in [0.05, 0.1) is 14.2 Å². The Bertz CT molecular complexity index is 468. The van der Waals surface area contributed by atoms with Crippen LogP contribution in [0.25, 0.3) is 0 Å². The molecule has 1 unspecified atom stereocenters. The second-order valence-corrected chi connectivity index (χ2v) is 5.72. The van der Waals surface area contributed by atoms with Crippen molar-refractivity contribution in [1.82, 2.24) is 10.6 Å². The first-order valence-corrected chi connectivity index (χ1v) is 7.90. The van der Waals surface area contributed by atoms with Crippen LogP contribution >= 0.6 is 12.4 Å². The summed E-state index contributed by atoms with van der Waals surface area (Å²) in [5.74, 6) is 2.32. The summed E-state index contributed by atoms with van der Waals surface area (Å²) < 4.78 is 10.5. The van der Waals surface area contributed by atoms with Gasteiger partial charge in [0.15, 0.2) is 0 Å². The van der Waals surface area contributed by atoms with Gasteiger partial charge in [-0.2, -0.15) is 0 Å². The number of amides is 1.